The summed E-state index contributed by atoms with van der Waals surface area (Å²) in [6, 6.07) is 5.17. The fourth-order valence-electron chi connectivity index (χ4n) is 3.79. The Morgan fingerprint density at radius 3 is 2.68 bits per heavy atom. The number of hydrogen-bond acceptors (Lipinski definition) is 3. The standard InChI is InChI=1S/C19H28FN3O2/c1-13-6-7-17(20)18(9-13)22-8-4-5-16(12-22)21-19(24)23-10-14(2)25-15(3)11-23/h6-7,9,14-16H,4-5,8,10-12H2,1-3H3,(H,21,24). The average Bonchev–Trinajstić information content (AvgIpc) is 2.56. The van der Waals surface area contributed by atoms with Gasteiger partial charge in [-0.1, -0.05) is 6.07 Å². The molecule has 3 unspecified atom stereocenters. The van der Waals surface area contributed by atoms with E-state index in [0.717, 1.165) is 24.9 Å². The maximum Gasteiger partial charge on any atom is 0.317 e. The van der Waals surface area contributed by atoms with Crippen LogP contribution in [0.15, 0.2) is 18.2 Å². The molecule has 5 nitrogen and oxygen atoms in total. The SMILES string of the molecule is Cc1ccc(F)c(N2CCCC(NC(=O)N3CC(C)OC(C)C3)C2)c1. The first-order chi connectivity index (χ1) is 11.9. The molecule has 0 aromatic heterocycles. The highest BCUT2D eigenvalue weighted by atomic mass is 19.1. The van der Waals surface area contributed by atoms with Crippen molar-refractivity contribution in [3.05, 3.63) is 29.6 Å². The number of nitrogens with one attached hydrogen (secondary N) is 1. The number of anilines is 1. The van der Waals surface area contributed by atoms with Crippen molar-refractivity contribution in [1.29, 1.82) is 0 Å². The molecule has 2 fully saturated rings. The van der Waals surface area contributed by atoms with Gasteiger partial charge in [-0.25, -0.2) is 9.18 Å². The predicted molar refractivity (Wildman–Crippen MR) is 96.5 cm³/mol. The second-order valence-electron chi connectivity index (χ2n) is 7.35. The lowest BCUT2D eigenvalue weighted by Gasteiger charge is -2.38. The highest BCUT2D eigenvalue weighted by Gasteiger charge is 2.29. The van der Waals surface area contributed by atoms with Crippen LogP contribution in [0.25, 0.3) is 0 Å². The third kappa shape index (κ3) is 4.42. The number of amides is 2. The van der Waals surface area contributed by atoms with Crippen molar-refractivity contribution < 1.29 is 13.9 Å². The van der Waals surface area contributed by atoms with Crippen molar-refractivity contribution in [1.82, 2.24) is 10.2 Å². The van der Waals surface area contributed by atoms with E-state index in [2.05, 4.69) is 5.32 Å². The van der Waals surface area contributed by atoms with Crippen LogP contribution in [0.3, 0.4) is 0 Å². The summed E-state index contributed by atoms with van der Waals surface area (Å²) in [5.74, 6) is -0.201. The topological polar surface area (TPSA) is 44.8 Å². The van der Waals surface area contributed by atoms with Crippen molar-refractivity contribution in [2.75, 3.05) is 31.1 Å². The van der Waals surface area contributed by atoms with E-state index in [1.807, 2.05) is 36.6 Å². The summed E-state index contributed by atoms with van der Waals surface area (Å²) in [5, 5.41) is 3.13. The molecule has 2 aliphatic heterocycles. The Kier molecular flexibility index (Phi) is 5.47. The van der Waals surface area contributed by atoms with Gasteiger partial charge in [0.2, 0.25) is 0 Å². The van der Waals surface area contributed by atoms with Crippen molar-refractivity contribution in [3.63, 3.8) is 0 Å². The maximum atomic E-state index is 14.2. The van der Waals surface area contributed by atoms with Crippen molar-refractivity contribution in [2.24, 2.45) is 0 Å². The summed E-state index contributed by atoms with van der Waals surface area (Å²) in [4.78, 5) is 16.5. The number of rotatable bonds is 2. The van der Waals surface area contributed by atoms with Crippen LogP contribution < -0.4 is 10.2 Å². The molecule has 1 N–H and O–H groups in total. The van der Waals surface area contributed by atoms with Crippen LogP contribution in [0, 0.1) is 12.7 Å². The molecule has 6 heteroatoms. The van der Waals surface area contributed by atoms with Gasteiger partial charge in [-0.05, 0) is 51.3 Å². The third-order valence-corrected chi connectivity index (χ3v) is 4.90. The van der Waals surface area contributed by atoms with Gasteiger partial charge in [0.05, 0.1) is 17.9 Å². The number of morpholine rings is 1. The zero-order valence-electron chi connectivity index (χ0n) is 15.3. The number of carbonyl (C=O) groups excluding carboxylic acids is 1. The molecule has 0 radical (unpaired) electrons. The van der Waals surface area contributed by atoms with Crippen molar-refractivity contribution in [2.45, 2.75) is 51.9 Å². The van der Waals surface area contributed by atoms with Crippen LogP contribution in [-0.2, 0) is 4.74 Å². The number of urea groups is 1. The van der Waals surface area contributed by atoms with Gasteiger partial charge >= 0.3 is 6.03 Å². The minimum atomic E-state index is -0.201. The van der Waals surface area contributed by atoms with Gasteiger partial charge < -0.3 is 19.9 Å². The van der Waals surface area contributed by atoms with Crippen molar-refractivity contribution in [3.8, 4) is 0 Å². The van der Waals surface area contributed by atoms with E-state index in [1.54, 1.807) is 6.07 Å². The van der Waals surface area contributed by atoms with Crippen LogP contribution in [0.1, 0.15) is 32.3 Å². The molecule has 3 atom stereocenters. The lowest BCUT2D eigenvalue weighted by Crippen LogP contribution is -2.56. The summed E-state index contributed by atoms with van der Waals surface area (Å²) >= 11 is 0. The zero-order chi connectivity index (χ0) is 18.0. The Balaban J connectivity index is 1.61. The molecule has 0 bridgehead atoms. The molecule has 3 rings (SSSR count). The molecule has 0 aliphatic carbocycles. The van der Waals surface area contributed by atoms with Gasteiger partial charge in [-0.3, -0.25) is 0 Å². The second kappa shape index (κ2) is 7.60. The lowest BCUT2D eigenvalue weighted by atomic mass is 10.0. The predicted octanol–water partition coefficient (Wildman–Crippen LogP) is 2.92. The van der Waals surface area contributed by atoms with E-state index in [1.165, 1.54) is 6.07 Å². The van der Waals surface area contributed by atoms with Crippen LogP contribution in [0.4, 0.5) is 14.9 Å². The molecular formula is C19H28FN3O2. The number of halogens is 1. The minimum Gasteiger partial charge on any atom is -0.372 e. The first-order valence-electron chi connectivity index (χ1n) is 9.14. The van der Waals surface area contributed by atoms with E-state index in [0.29, 0.717) is 25.3 Å². The van der Waals surface area contributed by atoms with Crippen LogP contribution in [0.5, 0.6) is 0 Å². The quantitative estimate of drug-likeness (QED) is 0.893. The molecule has 2 saturated heterocycles. The van der Waals surface area contributed by atoms with E-state index in [9.17, 15) is 9.18 Å². The first kappa shape index (κ1) is 18.0. The highest BCUT2D eigenvalue weighted by molar-refractivity contribution is 5.75. The number of ether oxygens (including phenoxy) is 1. The summed E-state index contributed by atoms with van der Waals surface area (Å²) in [6.07, 6.45) is 1.97. The van der Waals surface area contributed by atoms with Gasteiger partial charge in [0.25, 0.3) is 0 Å². The molecule has 2 aliphatic rings. The van der Waals surface area contributed by atoms with E-state index in [-0.39, 0.29) is 30.1 Å². The van der Waals surface area contributed by atoms with Crippen molar-refractivity contribution >= 4 is 11.7 Å². The number of benzene rings is 1. The van der Waals surface area contributed by atoms with Gasteiger partial charge in [0, 0.05) is 32.2 Å². The van der Waals surface area contributed by atoms with Crippen LogP contribution in [-0.4, -0.2) is 55.4 Å². The monoisotopic (exact) mass is 349 g/mol. The Labute approximate surface area is 149 Å². The number of nitrogens with zero attached hydrogens (tertiary/aromatic N) is 2. The Hall–Kier alpha value is -1.82. The molecule has 0 saturated carbocycles. The normalized spacial score (nSPS) is 27.3. The Bertz CT molecular complexity index is 615. The van der Waals surface area contributed by atoms with Gasteiger partial charge in [0.15, 0.2) is 0 Å². The Morgan fingerprint density at radius 2 is 1.96 bits per heavy atom. The molecule has 1 aromatic rings. The molecule has 2 amide bonds. The fraction of sp³-hybridized carbons (Fsp3) is 0.632. The zero-order valence-corrected chi connectivity index (χ0v) is 15.3. The van der Waals surface area contributed by atoms with Gasteiger partial charge in [-0.2, -0.15) is 0 Å². The van der Waals surface area contributed by atoms with Crippen LogP contribution in [0.2, 0.25) is 0 Å². The highest BCUT2D eigenvalue weighted by Crippen LogP contribution is 2.24. The minimum absolute atomic E-state index is 0.0367. The van der Waals surface area contributed by atoms with E-state index >= 15 is 0 Å². The summed E-state index contributed by atoms with van der Waals surface area (Å²) in [7, 11) is 0. The fourth-order valence-corrected chi connectivity index (χ4v) is 3.79. The number of hydrogen-bond donors (Lipinski definition) is 1. The first-order valence-corrected chi connectivity index (χ1v) is 9.14. The average molecular weight is 349 g/mol. The molecule has 2 heterocycles. The van der Waals surface area contributed by atoms with Gasteiger partial charge in [-0.15, -0.1) is 0 Å². The maximum absolute atomic E-state index is 14.2. The number of carbonyl (C=O) groups is 1. The molecule has 0 spiro atoms. The van der Waals surface area contributed by atoms with E-state index in [4.69, 9.17) is 4.74 Å². The summed E-state index contributed by atoms with van der Waals surface area (Å²) < 4.78 is 19.9. The third-order valence-electron chi connectivity index (χ3n) is 4.90. The molecule has 138 valence electrons. The number of aryl methyl sites for hydroxylation is 1. The second-order valence-corrected chi connectivity index (χ2v) is 7.35. The summed E-state index contributed by atoms with van der Waals surface area (Å²) in [5.41, 5.74) is 1.67. The van der Waals surface area contributed by atoms with Gasteiger partial charge in [0.1, 0.15) is 5.82 Å². The summed E-state index contributed by atoms with van der Waals surface area (Å²) in [6.45, 7) is 8.61. The molecule has 1 aromatic carbocycles. The molecule has 25 heavy (non-hydrogen) atoms. The molecular weight excluding hydrogens is 321 g/mol. The Morgan fingerprint density at radius 1 is 1.24 bits per heavy atom. The lowest BCUT2D eigenvalue weighted by molar-refractivity contribution is -0.0548. The largest absolute Gasteiger partial charge is 0.372 e. The van der Waals surface area contributed by atoms with Crippen LogP contribution >= 0.6 is 0 Å². The smallest absolute Gasteiger partial charge is 0.317 e. The van der Waals surface area contributed by atoms with E-state index < -0.39 is 0 Å². The number of piperidine rings is 1.